The molecule has 28 heavy (non-hydrogen) atoms. The van der Waals surface area contributed by atoms with Crippen LogP contribution in [0.2, 0.25) is 0 Å². The molecule has 1 amide bonds. The number of aliphatic hydroxyl groups excluding tert-OH is 2. The highest BCUT2D eigenvalue weighted by molar-refractivity contribution is 5.87. The lowest BCUT2D eigenvalue weighted by molar-refractivity contribution is -0.117. The van der Waals surface area contributed by atoms with Gasteiger partial charge in [-0.3, -0.25) is 4.79 Å². The molecular formula is C24H39NO3. The third kappa shape index (κ3) is 17.5. The van der Waals surface area contributed by atoms with Crippen LogP contribution in [0.4, 0.5) is 0 Å². The molecule has 0 unspecified atom stereocenters. The first-order valence-corrected chi connectivity index (χ1v) is 10.4. The van der Waals surface area contributed by atoms with E-state index in [1.165, 1.54) is 30.9 Å². The number of hydrogen-bond acceptors (Lipinski definition) is 3. The summed E-state index contributed by atoms with van der Waals surface area (Å²) >= 11 is 0. The second-order valence-electron chi connectivity index (χ2n) is 6.93. The van der Waals surface area contributed by atoms with E-state index in [1.54, 1.807) is 0 Å². The largest absolute Gasteiger partial charge is 0.394 e. The SMILES string of the molecule is C=CCCC/C=C/C=C(\C)CCCC/C=C/CC/C=C\C(=O)NC(CO)CO. The maximum absolute atomic E-state index is 11.5. The average Bonchev–Trinajstić information content (AvgIpc) is 2.70. The molecule has 0 aliphatic carbocycles. The van der Waals surface area contributed by atoms with Gasteiger partial charge >= 0.3 is 0 Å². The molecule has 4 heteroatoms. The summed E-state index contributed by atoms with van der Waals surface area (Å²) in [7, 11) is 0. The highest BCUT2D eigenvalue weighted by Crippen LogP contribution is 2.09. The standard InChI is InChI=1S/C24H39NO3/c1-3-4-5-6-11-14-17-22(2)18-15-12-9-7-8-10-13-16-19-24(28)25-23(20-26)21-27/h3,7-8,11,14,16-17,19,23,26-27H,1,4-6,9-10,12-13,15,18,20-21H2,2H3,(H,25,28)/b8-7+,14-11+,19-16-,22-17+. The summed E-state index contributed by atoms with van der Waals surface area (Å²) in [6.45, 7) is 5.39. The van der Waals surface area contributed by atoms with Gasteiger partial charge in [0.25, 0.3) is 0 Å². The molecule has 3 N–H and O–H groups in total. The predicted molar refractivity (Wildman–Crippen MR) is 119 cm³/mol. The summed E-state index contributed by atoms with van der Waals surface area (Å²) in [6.07, 6.45) is 25.9. The van der Waals surface area contributed by atoms with Crippen LogP contribution in [0.15, 0.2) is 60.8 Å². The number of amides is 1. The summed E-state index contributed by atoms with van der Waals surface area (Å²) in [5, 5.41) is 20.3. The Bertz CT molecular complexity index is 514. The van der Waals surface area contributed by atoms with Crippen LogP contribution in [0.25, 0.3) is 0 Å². The highest BCUT2D eigenvalue weighted by Gasteiger charge is 2.06. The van der Waals surface area contributed by atoms with Crippen LogP contribution in [-0.2, 0) is 4.79 Å². The van der Waals surface area contributed by atoms with Gasteiger partial charge in [-0.05, 0) is 70.8 Å². The zero-order chi connectivity index (χ0) is 20.9. The van der Waals surface area contributed by atoms with Crippen molar-refractivity contribution in [2.75, 3.05) is 13.2 Å². The molecule has 0 atom stereocenters. The number of aliphatic hydroxyl groups is 2. The molecule has 0 rings (SSSR count). The van der Waals surface area contributed by atoms with E-state index in [4.69, 9.17) is 10.2 Å². The molecule has 0 radical (unpaired) electrons. The Morgan fingerprint density at radius 1 is 0.929 bits per heavy atom. The van der Waals surface area contributed by atoms with E-state index in [9.17, 15) is 4.79 Å². The zero-order valence-corrected chi connectivity index (χ0v) is 17.5. The van der Waals surface area contributed by atoms with Gasteiger partial charge in [-0.25, -0.2) is 0 Å². The van der Waals surface area contributed by atoms with E-state index in [0.29, 0.717) is 0 Å². The van der Waals surface area contributed by atoms with Gasteiger partial charge in [-0.2, -0.15) is 0 Å². The minimum Gasteiger partial charge on any atom is -0.394 e. The molecule has 158 valence electrons. The van der Waals surface area contributed by atoms with Crippen LogP contribution in [0.5, 0.6) is 0 Å². The van der Waals surface area contributed by atoms with Crippen LogP contribution in [-0.4, -0.2) is 35.4 Å². The third-order valence-electron chi connectivity index (χ3n) is 4.21. The number of unbranched alkanes of at least 4 members (excludes halogenated alkanes) is 5. The average molecular weight is 390 g/mol. The van der Waals surface area contributed by atoms with Crippen LogP contribution in [0.3, 0.4) is 0 Å². The lowest BCUT2D eigenvalue weighted by Gasteiger charge is -2.10. The van der Waals surface area contributed by atoms with Crippen molar-refractivity contribution in [2.24, 2.45) is 0 Å². The number of rotatable bonds is 17. The monoisotopic (exact) mass is 389 g/mol. The van der Waals surface area contributed by atoms with Crippen molar-refractivity contribution in [2.45, 2.75) is 70.8 Å². The number of hydrogen-bond donors (Lipinski definition) is 3. The number of nitrogens with one attached hydrogen (secondary N) is 1. The second-order valence-corrected chi connectivity index (χ2v) is 6.93. The Kier molecular flexibility index (Phi) is 18.5. The third-order valence-corrected chi connectivity index (χ3v) is 4.21. The van der Waals surface area contributed by atoms with Crippen molar-refractivity contribution in [3.8, 4) is 0 Å². The molecule has 0 fully saturated rings. The molecule has 0 aliphatic heterocycles. The van der Waals surface area contributed by atoms with Crippen LogP contribution >= 0.6 is 0 Å². The van der Waals surface area contributed by atoms with Crippen molar-refractivity contribution in [3.05, 3.63) is 60.8 Å². The minimum atomic E-state index is -0.589. The van der Waals surface area contributed by atoms with Crippen molar-refractivity contribution in [1.82, 2.24) is 5.32 Å². The normalized spacial score (nSPS) is 12.6. The first-order valence-electron chi connectivity index (χ1n) is 10.4. The van der Waals surface area contributed by atoms with Crippen LogP contribution < -0.4 is 5.32 Å². The molecule has 0 aromatic rings. The highest BCUT2D eigenvalue weighted by atomic mass is 16.3. The molecule has 0 saturated heterocycles. The molecule has 0 saturated carbocycles. The van der Waals surface area contributed by atoms with E-state index in [1.807, 2.05) is 12.2 Å². The molecule has 0 heterocycles. The van der Waals surface area contributed by atoms with Gasteiger partial charge < -0.3 is 15.5 Å². The van der Waals surface area contributed by atoms with Crippen molar-refractivity contribution in [3.63, 3.8) is 0 Å². The lowest BCUT2D eigenvalue weighted by atomic mass is 10.1. The quantitative estimate of drug-likeness (QED) is 0.145. The summed E-state index contributed by atoms with van der Waals surface area (Å²) in [6, 6.07) is -0.589. The topological polar surface area (TPSA) is 69.6 Å². The first-order chi connectivity index (χ1) is 13.6. The first kappa shape index (κ1) is 26.1. The van der Waals surface area contributed by atoms with Gasteiger partial charge in [-0.1, -0.05) is 48.1 Å². The van der Waals surface area contributed by atoms with Crippen molar-refractivity contribution < 1.29 is 15.0 Å². The van der Waals surface area contributed by atoms with Gasteiger partial charge in [0, 0.05) is 0 Å². The second kappa shape index (κ2) is 19.8. The van der Waals surface area contributed by atoms with E-state index in [2.05, 4.69) is 49.2 Å². The maximum Gasteiger partial charge on any atom is 0.244 e. The maximum atomic E-state index is 11.5. The Labute approximate surface area is 171 Å². The fourth-order valence-electron chi connectivity index (χ4n) is 2.47. The predicted octanol–water partition coefficient (Wildman–Crippen LogP) is 4.77. The van der Waals surface area contributed by atoms with Gasteiger partial charge in [0.05, 0.1) is 19.3 Å². The summed E-state index contributed by atoms with van der Waals surface area (Å²) in [5.41, 5.74) is 1.43. The Balaban J connectivity index is 3.68. The molecular weight excluding hydrogens is 350 g/mol. The molecule has 0 aromatic carbocycles. The smallest absolute Gasteiger partial charge is 0.244 e. The van der Waals surface area contributed by atoms with Crippen LogP contribution in [0.1, 0.15) is 64.7 Å². The summed E-state index contributed by atoms with van der Waals surface area (Å²) in [5.74, 6) is -0.285. The number of carbonyl (C=O) groups excluding carboxylic acids is 1. The Hall–Kier alpha value is -1.91. The van der Waals surface area contributed by atoms with Crippen LogP contribution in [0, 0.1) is 0 Å². The van der Waals surface area contributed by atoms with Gasteiger partial charge in [0.15, 0.2) is 0 Å². The van der Waals surface area contributed by atoms with E-state index in [-0.39, 0.29) is 19.1 Å². The van der Waals surface area contributed by atoms with Crippen molar-refractivity contribution in [1.29, 1.82) is 0 Å². The molecule has 0 spiro atoms. The zero-order valence-electron chi connectivity index (χ0n) is 17.5. The molecule has 0 aliphatic rings. The van der Waals surface area contributed by atoms with Gasteiger partial charge in [0.2, 0.25) is 5.91 Å². The van der Waals surface area contributed by atoms with E-state index < -0.39 is 6.04 Å². The summed E-state index contributed by atoms with van der Waals surface area (Å²) in [4.78, 5) is 11.5. The Morgan fingerprint density at radius 3 is 2.32 bits per heavy atom. The van der Waals surface area contributed by atoms with Gasteiger partial charge in [0.1, 0.15) is 0 Å². The molecule has 4 nitrogen and oxygen atoms in total. The number of carbonyl (C=O) groups is 1. The number of allylic oxidation sites excluding steroid dienone is 8. The minimum absolute atomic E-state index is 0.263. The van der Waals surface area contributed by atoms with E-state index >= 15 is 0 Å². The lowest BCUT2D eigenvalue weighted by Crippen LogP contribution is -2.39. The molecule has 0 bridgehead atoms. The fourth-order valence-corrected chi connectivity index (χ4v) is 2.47. The van der Waals surface area contributed by atoms with E-state index in [0.717, 1.165) is 38.5 Å². The summed E-state index contributed by atoms with van der Waals surface area (Å²) < 4.78 is 0. The fraction of sp³-hybridized carbons (Fsp3) is 0.542. The van der Waals surface area contributed by atoms with Gasteiger partial charge in [-0.15, -0.1) is 6.58 Å². The Morgan fingerprint density at radius 2 is 1.61 bits per heavy atom. The van der Waals surface area contributed by atoms with Crippen molar-refractivity contribution >= 4 is 5.91 Å². The molecule has 0 aromatic heterocycles.